The minimum absolute atomic E-state index is 0.0114. The highest BCUT2D eigenvalue weighted by atomic mass is 16.6. The maximum absolute atomic E-state index is 10.9. The molecule has 0 aromatic heterocycles. The van der Waals surface area contributed by atoms with E-state index in [2.05, 4.69) is 0 Å². The summed E-state index contributed by atoms with van der Waals surface area (Å²) in [6.45, 7) is 0. The Morgan fingerprint density at radius 1 is 1.19 bits per heavy atom. The number of nitro benzene ring substituents is 1. The molecule has 0 bridgehead atoms. The Morgan fingerprint density at radius 3 is 2.06 bits per heavy atom. The van der Waals surface area contributed by atoms with Gasteiger partial charge in [0.05, 0.1) is 25.2 Å². The molecule has 0 amide bonds. The first-order valence-corrected chi connectivity index (χ1v) is 4.59. The number of nitrogens with zero attached hydrogens (tertiary/aromatic N) is 2. The van der Waals surface area contributed by atoms with Gasteiger partial charge in [-0.25, -0.2) is 0 Å². The molecule has 1 rings (SSSR count). The molecule has 0 spiro atoms. The third kappa shape index (κ3) is 2.16. The van der Waals surface area contributed by atoms with Gasteiger partial charge >= 0.3 is 0 Å². The van der Waals surface area contributed by atoms with Crippen LogP contribution < -0.4 is 14.4 Å². The zero-order chi connectivity index (χ0) is 12.3. The van der Waals surface area contributed by atoms with Crippen LogP contribution in [0.1, 0.15) is 0 Å². The highest BCUT2D eigenvalue weighted by Gasteiger charge is 2.20. The van der Waals surface area contributed by atoms with Crippen molar-refractivity contribution in [1.29, 1.82) is 0 Å². The van der Waals surface area contributed by atoms with Crippen LogP contribution in [0.15, 0.2) is 12.1 Å². The second kappa shape index (κ2) is 4.69. The quantitative estimate of drug-likeness (QED) is 0.577. The Hall–Kier alpha value is -1.98. The lowest BCUT2D eigenvalue weighted by Gasteiger charge is -2.15. The van der Waals surface area contributed by atoms with E-state index in [1.54, 1.807) is 25.1 Å². The molecule has 0 aliphatic heterocycles. The Balaban J connectivity index is 3.41. The van der Waals surface area contributed by atoms with E-state index in [1.807, 2.05) is 0 Å². The minimum Gasteiger partial charge on any atom is -0.493 e. The highest BCUT2D eigenvalue weighted by Crippen LogP contribution is 2.38. The summed E-state index contributed by atoms with van der Waals surface area (Å²) in [6, 6.07) is 2.94. The molecule has 0 N–H and O–H groups in total. The van der Waals surface area contributed by atoms with Crippen molar-refractivity contribution in [1.82, 2.24) is 0 Å². The average Bonchev–Trinajstić information content (AvgIpc) is 2.26. The smallest absolute Gasteiger partial charge is 0.296 e. The van der Waals surface area contributed by atoms with E-state index in [0.717, 1.165) is 0 Å². The molecule has 6 nitrogen and oxygen atoms in total. The lowest BCUT2D eigenvalue weighted by Crippen LogP contribution is -2.11. The van der Waals surface area contributed by atoms with Crippen molar-refractivity contribution in [3.8, 4) is 11.5 Å². The number of methoxy groups -OCH3 is 2. The summed E-state index contributed by atoms with van der Waals surface area (Å²) >= 11 is 0. The van der Waals surface area contributed by atoms with Gasteiger partial charge in [0, 0.05) is 20.2 Å². The SMILES string of the molecule is COc1cc(N(C)C)c([N+](=O)[O-])cc1OC. The van der Waals surface area contributed by atoms with Gasteiger partial charge in [0.15, 0.2) is 11.5 Å². The van der Waals surface area contributed by atoms with Gasteiger partial charge in [-0.15, -0.1) is 0 Å². The van der Waals surface area contributed by atoms with Crippen molar-refractivity contribution in [2.75, 3.05) is 33.2 Å². The Bertz CT molecular complexity index is 404. The second-order valence-corrected chi connectivity index (χ2v) is 3.35. The van der Waals surface area contributed by atoms with E-state index in [0.29, 0.717) is 17.2 Å². The fourth-order valence-electron chi connectivity index (χ4n) is 1.36. The molecule has 88 valence electrons. The molecule has 1 aromatic rings. The van der Waals surface area contributed by atoms with Gasteiger partial charge in [-0.3, -0.25) is 10.1 Å². The number of rotatable bonds is 4. The van der Waals surface area contributed by atoms with E-state index >= 15 is 0 Å². The molecule has 0 saturated carbocycles. The average molecular weight is 226 g/mol. The molecule has 0 unspecified atom stereocenters. The molecule has 0 aliphatic rings. The molecule has 16 heavy (non-hydrogen) atoms. The third-order valence-corrected chi connectivity index (χ3v) is 2.16. The van der Waals surface area contributed by atoms with Gasteiger partial charge < -0.3 is 14.4 Å². The van der Waals surface area contributed by atoms with Crippen LogP contribution in [0, 0.1) is 10.1 Å². The van der Waals surface area contributed by atoms with Gasteiger partial charge in [0.1, 0.15) is 5.69 Å². The first-order valence-electron chi connectivity index (χ1n) is 4.59. The monoisotopic (exact) mass is 226 g/mol. The van der Waals surface area contributed by atoms with Crippen molar-refractivity contribution < 1.29 is 14.4 Å². The van der Waals surface area contributed by atoms with Crippen molar-refractivity contribution in [2.45, 2.75) is 0 Å². The number of benzene rings is 1. The van der Waals surface area contributed by atoms with Crippen LogP contribution in [0.4, 0.5) is 11.4 Å². The van der Waals surface area contributed by atoms with Crippen molar-refractivity contribution >= 4 is 11.4 Å². The topological polar surface area (TPSA) is 64.8 Å². The maximum atomic E-state index is 10.9. The standard InChI is InChI=1S/C10H14N2O4/c1-11(2)7-5-9(15-3)10(16-4)6-8(7)12(13)14/h5-6H,1-4H3. The normalized spacial score (nSPS) is 9.75. The molecular weight excluding hydrogens is 212 g/mol. The van der Waals surface area contributed by atoms with E-state index in [1.165, 1.54) is 20.3 Å². The highest BCUT2D eigenvalue weighted by molar-refractivity contribution is 5.69. The minimum atomic E-state index is -0.447. The lowest BCUT2D eigenvalue weighted by atomic mass is 10.2. The molecule has 0 saturated heterocycles. The first kappa shape index (κ1) is 12.1. The zero-order valence-corrected chi connectivity index (χ0v) is 9.68. The molecule has 6 heteroatoms. The first-order chi connectivity index (χ1) is 7.51. The van der Waals surface area contributed by atoms with E-state index < -0.39 is 4.92 Å². The lowest BCUT2D eigenvalue weighted by molar-refractivity contribution is -0.384. The Kier molecular flexibility index (Phi) is 3.55. The van der Waals surface area contributed by atoms with Crippen LogP contribution in [0.5, 0.6) is 11.5 Å². The number of hydrogen-bond acceptors (Lipinski definition) is 5. The van der Waals surface area contributed by atoms with Crippen molar-refractivity contribution in [3.05, 3.63) is 22.2 Å². The zero-order valence-electron chi connectivity index (χ0n) is 9.68. The van der Waals surface area contributed by atoms with Crippen LogP contribution in [0.25, 0.3) is 0 Å². The van der Waals surface area contributed by atoms with Crippen LogP contribution in [0.3, 0.4) is 0 Å². The molecular formula is C10H14N2O4. The largest absolute Gasteiger partial charge is 0.493 e. The number of hydrogen-bond donors (Lipinski definition) is 0. The summed E-state index contributed by atoms with van der Waals surface area (Å²) in [5.41, 5.74) is 0.463. The summed E-state index contributed by atoms with van der Waals surface area (Å²) < 4.78 is 10.1. The predicted octanol–water partition coefficient (Wildman–Crippen LogP) is 1.68. The molecule has 0 atom stereocenters. The van der Waals surface area contributed by atoms with Gasteiger partial charge in [-0.05, 0) is 0 Å². The fraction of sp³-hybridized carbons (Fsp3) is 0.400. The summed E-state index contributed by atoms with van der Waals surface area (Å²) in [7, 11) is 6.39. The number of nitro groups is 1. The van der Waals surface area contributed by atoms with Gasteiger partial charge in [-0.2, -0.15) is 0 Å². The van der Waals surface area contributed by atoms with Crippen molar-refractivity contribution in [2.24, 2.45) is 0 Å². The summed E-state index contributed by atoms with van der Waals surface area (Å²) in [4.78, 5) is 12.1. The Labute approximate surface area is 93.5 Å². The third-order valence-electron chi connectivity index (χ3n) is 2.16. The molecule has 1 aromatic carbocycles. The van der Waals surface area contributed by atoms with Gasteiger partial charge in [0.25, 0.3) is 5.69 Å². The van der Waals surface area contributed by atoms with Crippen LogP contribution >= 0.6 is 0 Å². The van der Waals surface area contributed by atoms with Crippen LogP contribution in [-0.4, -0.2) is 33.2 Å². The Morgan fingerprint density at radius 2 is 1.69 bits per heavy atom. The molecule has 0 radical (unpaired) electrons. The van der Waals surface area contributed by atoms with Crippen LogP contribution in [-0.2, 0) is 0 Å². The van der Waals surface area contributed by atoms with E-state index in [4.69, 9.17) is 9.47 Å². The van der Waals surface area contributed by atoms with E-state index in [9.17, 15) is 10.1 Å². The van der Waals surface area contributed by atoms with Gasteiger partial charge in [0.2, 0.25) is 0 Å². The predicted molar refractivity (Wildman–Crippen MR) is 60.5 cm³/mol. The second-order valence-electron chi connectivity index (χ2n) is 3.35. The van der Waals surface area contributed by atoms with Gasteiger partial charge in [-0.1, -0.05) is 0 Å². The van der Waals surface area contributed by atoms with Crippen molar-refractivity contribution in [3.63, 3.8) is 0 Å². The summed E-state index contributed by atoms with van der Waals surface area (Å²) in [5.74, 6) is 0.816. The van der Waals surface area contributed by atoms with Crippen LogP contribution in [0.2, 0.25) is 0 Å². The fourth-order valence-corrected chi connectivity index (χ4v) is 1.36. The number of ether oxygens (including phenoxy) is 2. The number of anilines is 1. The molecule has 0 aliphatic carbocycles. The molecule has 0 fully saturated rings. The molecule has 0 heterocycles. The van der Waals surface area contributed by atoms with E-state index in [-0.39, 0.29) is 5.69 Å². The maximum Gasteiger partial charge on any atom is 0.296 e. The summed E-state index contributed by atoms with van der Waals surface area (Å²) in [5, 5.41) is 10.9. The summed E-state index contributed by atoms with van der Waals surface area (Å²) in [6.07, 6.45) is 0.